The van der Waals surface area contributed by atoms with Crippen molar-refractivity contribution in [3.63, 3.8) is 0 Å². The molecule has 6 heteroatoms. The molecule has 2 aromatic heterocycles. The zero-order chi connectivity index (χ0) is 16.2. The number of carbonyl (C=O) groups is 1. The van der Waals surface area contributed by atoms with Crippen LogP contribution in [0.4, 0.5) is 0 Å². The van der Waals surface area contributed by atoms with Crippen molar-refractivity contribution in [2.45, 2.75) is 26.2 Å². The van der Waals surface area contributed by atoms with Crippen LogP contribution in [0.3, 0.4) is 0 Å². The maximum Gasteiger partial charge on any atom is 0.248 e. The highest BCUT2D eigenvalue weighted by molar-refractivity contribution is 5.92. The topological polar surface area (TPSA) is 74.8 Å². The lowest BCUT2D eigenvalue weighted by atomic mass is 9.93. The van der Waals surface area contributed by atoms with Crippen molar-refractivity contribution in [2.75, 3.05) is 13.1 Å². The Hall–Kier alpha value is -2.50. The molecule has 0 radical (unpaired) electrons. The van der Waals surface area contributed by atoms with Crippen molar-refractivity contribution in [3.05, 3.63) is 42.6 Å². The number of nitrogens with one attached hydrogen (secondary N) is 1. The van der Waals surface area contributed by atoms with Crippen LogP contribution < -0.4 is 0 Å². The molecule has 0 saturated carbocycles. The van der Waals surface area contributed by atoms with Gasteiger partial charge in [-0.1, -0.05) is 6.58 Å². The molecule has 0 aliphatic carbocycles. The second kappa shape index (κ2) is 6.73. The van der Waals surface area contributed by atoms with Crippen LogP contribution in [0, 0.1) is 5.92 Å². The average molecular weight is 311 g/mol. The molecule has 23 heavy (non-hydrogen) atoms. The van der Waals surface area contributed by atoms with E-state index in [0.29, 0.717) is 11.5 Å². The summed E-state index contributed by atoms with van der Waals surface area (Å²) >= 11 is 0. The Bertz CT molecular complexity index is 695. The molecule has 2 aromatic rings. The number of piperidine rings is 1. The Morgan fingerprint density at radius 2 is 2.35 bits per heavy atom. The molecule has 1 unspecified atom stereocenters. The first-order valence-corrected chi connectivity index (χ1v) is 7.89. The molecule has 1 saturated heterocycles. The van der Waals surface area contributed by atoms with E-state index in [2.05, 4.69) is 26.5 Å². The maximum absolute atomic E-state index is 12.1. The van der Waals surface area contributed by atoms with Gasteiger partial charge in [-0.2, -0.15) is 0 Å². The van der Waals surface area contributed by atoms with Crippen LogP contribution in [-0.2, 0) is 11.2 Å². The largest absolute Gasteiger partial charge is 0.343 e. The van der Waals surface area contributed by atoms with Crippen LogP contribution >= 0.6 is 0 Å². The molecule has 1 amide bonds. The minimum atomic E-state index is 0.0603. The summed E-state index contributed by atoms with van der Waals surface area (Å²) < 4.78 is 0. The molecule has 6 nitrogen and oxygen atoms in total. The minimum Gasteiger partial charge on any atom is -0.343 e. The van der Waals surface area contributed by atoms with Gasteiger partial charge in [0.2, 0.25) is 5.91 Å². The van der Waals surface area contributed by atoms with Crippen LogP contribution in [-0.4, -0.2) is 43.8 Å². The highest BCUT2D eigenvalue weighted by atomic mass is 16.2. The number of hydrogen-bond donors (Lipinski definition) is 1. The average Bonchev–Trinajstić information content (AvgIpc) is 3.09. The molecule has 1 aliphatic rings. The van der Waals surface area contributed by atoms with Crippen molar-refractivity contribution in [1.82, 2.24) is 24.8 Å². The van der Waals surface area contributed by atoms with E-state index in [9.17, 15) is 4.79 Å². The number of carbonyl (C=O) groups excluding carboxylic acids is 1. The number of hydrogen-bond acceptors (Lipinski definition) is 4. The van der Waals surface area contributed by atoms with Gasteiger partial charge in [0.05, 0.1) is 11.9 Å². The first kappa shape index (κ1) is 15.4. The highest BCUT2D eigenvalue weighted by Gasteiger charge is 2.24. The number of imidazole rings is 1. The van der Waals surface area contributed by atoms with Crippen LogP contribution in [0.25, 0.3) is 11.5 Å². The highest BCUT2D eigenvalue weighted by Crippen LogP contribution is 2.22. The molecular formula is C17H21N5O. The van der Waals surface area contributed by atoms with E-state index < -0.39 is 0 Å². The smallest absolute Gasteiger partial charge is 0.248 e. The Kier molecular flexibility index (Phi) is 4.50. The molecule has 1 atom stereocenters. The second-order valence-corrected chi connectivity index (χ2v) is 6.08. The molecule has 1 fully saturated rings. The van der Waals surface area contributed by atoms with Crippen LogP contribution in [0.1, 0.15) is 25.5 Å². The van der Waals surface area contributed by atoms with Gasteiger partial charge in [-0.25, -0.2) is 9.97 Å². The fourth-order valence-electron chi connectivity index (χ4n) is 3.01. The summed E-state index contributed by atoms with van der Waals surface area (Å²) in [6.45, 7) is 7.11. The van der Waals surface area contributed by atoms with Crippen molar-refractivity contribution in [2.24, 2.45) is 5.92 Å². The lowest BCUT2D eigenvalue weighted by molar-refractivity contribution is -0.128. The van der Waals surface area contributed by atoms with Crippen molar-refractivity contribution in [1.29, 1.82) is 0 Å². The third-order valence-corrected chi connectivity index (χ3v) is 4.09. The fraction of sp³-hybridized carbons (Fsp3) is 0.412. The number of likely N-dealkylation sites (tertiary alicyclic amines) is 1. The van der Waals surface area contributed by atoms with Crippen LogP contribution in [0.15, 0.2) is 36.9 Å². The number of H-pyrrole nitrogens is 1. The zero-order valence-electron chi connectivity index (χ0n) is 13.3. The number of aromatic amines is 1. The fourth-order valence-corrected chi connectivity index (χ4v) is 3.01. The molecule has 3 rings (SSSR count). The third-order valence-electron chi connectivity index (χ3n) is 4.09. The van der Waals surface area contributed by atoms with E-state index in [0.717, 1.165) is 49.6 Å². The lowest BCUT2D eigenvalue weighted by Crippen LogP contribution is -2.40. The molecule has 3 heterocycles. The van der Waals surface area contributed by atoms with Crippen LogP contribution in [0.2, 0.25) is 0 Å². The van der Waals surface area contributed by atoms with E-state index >= 15 is 0 Å². The normalized spacial score (nSPS) is 18.0. The number of nitrogens with zero attached hydrogens (tertiary/aromatic N) is 4. The van der Waals surface area contributed by atoms with E-state index in [4.69, 9.17) is 0 Å². The summed E-state index contributed by atoms with van der Waals surface area (Å²) in [5.41, 5.74) is 2.29. The predicted molar refractivity (Wildman–Crippen MR) is 87.4 cm³/mol. The van der Waals surface area contributed by atoms with Crippen molar-refractivity contribution < 1.29 is 4.79 Å². The Labute approximate surface area is 135 Å². The van der Waals surface area contributed by atoms with Crippen molar-refractivity contribution in [3.8, 4) is 11.5 Å². The van der Waals surface area contributed by atoms with E-state index in [1.807, 2.05) is 4.90 Å². The van der Waals surface area contributed by atoms with Gasteiger partial charge in [-0.05, 0) is 32.1 Å². The quantitative estimate of drug-likeness (QED) is 0.879. The Balaban J connectivity index is 1.68. The molecule has 1 N–H and O–H groups in total. The molecule has 120 valence electrons. The predicted octanol–water partition coefficient (Wildman–Crippen LogP) is 2.22. The molecule has 1 aliphatic heterocycles. The van der Waals surface area contributed by atoms with Gasteiger partial charge in [0, 0.05) is 37.3 Å². The van der Waals surface area contributed by atoms with Gasteiger partial charge in [0.1, 0.15) is 5.69 Å². The summed E-state index contributed by atoms with van der Waals surface area (Å²) in [6, 6.07) is 0. The summed E-state index contributed by atoms with van der Waals surface area (Å²) in [5, 5.41) is 0. The second-order valence-electron chi connectivity index (χ2n) is 6.08. The lowest BCUT2D eigenvalue weighted by Gasteiger charge is -2.32. The summed E-state index contributed by atoms with van der Waals surface area (Å²) in [4.78, 5) is 30.2. The zero-order valence-corrected chi connectivity index (χ0v) is 13.3. The Morgan fingerprint density at radius 1 is 1.48 bits per heavy atom. The summed E-state index contributed by atoms with van der Waals surface area (Å²) in [7, 11) is 0. The monoisotopic (exact) mass is 311 g/mol. The van der Waals surface area contributed by atoms with Gasteiger partial charge >= 0.3 is 0 Å². The molecule has 0 bridgehead atoms. The maximum atomic E-state index is 12.1. The minimum absolute atomic E-state index is 0.0603. The van der Waals surface area contributed by atoms with Gasteiger partial charge in [-0.15, -0.1) is 0 Å². The molecule has 0 spiro atoms. The van der Waals surface area contributed by atoms with Gasteiger partial charge < -0.3 is 9.88 Å². The van der Waals surface area contributed by atoms with E-state index in [1.54, 1.807) is 31.7 Å². The Morgan fingerprint density at radius 3 is 3.09 bits per heavy atom. The summed E-state index contributed by atoms with van der Waals surface area (Å²) in [6.07, 6.45) is 9.92. The summed E-state index contributed by atoms with van der Waals surface area (Å²) in [5.74, 6) is 1.19. The number of aromatic nitrogens is 4. The van der Waals surface area contributed by atoms with Crippen molar-refractivity contribution >= 4 is 5.91 Å². The van der Waals surface area contributed by atoms with Gasteiger partial charge in [0.15, 0.2) is 5.82 Å². The van der Waals surface area contributed by atoms with Gasteiger partial charge in [0.25, 0.3) is 0 Å². The third kappa shape index (κ3) is 3.64. The van der Waals surface area contributed by atoms with E-state index in [-0.39, 0.29) is 5.91 Å². The first-order valence-electron chi connectivity index (χ1n) is 7.89. The molecular weight excluding hydrogens is 290 g/mol. The molecule has 0 aromatic carbocycles. The van der Waals surface area contributed by atoms with Gasteiger partial charge in [-0.3, -0.25) is 9.78 Å². The number of rotatable bonds is 4. The van der Waals surface area contributed by atoms with E-state index in [1.165, 1.54) is 0 Å². The first-order chi connectivity index (χ1) is 11.1. The van der Waals surface area contributed by atoms with Crippen LogP contribution in [0.5, 0.6) is 0 Å². The number of amides is 1. The SMILES string of the molecule is C=C(C)C(=O)N1CCCC(Cc2cncc(-c3ncc[nH]3)n2)C1. The standard InChI is InChI=1S/C17H21N5O/c1-12(2)17(23)22-7-3-4-13(11-22)8-14-9-18-10-15(21-14)16-19-5-6-20-16/h5-6,9-10,13H,1,3-4,7-8,11H2,2H3,(H,19,20).